The number of carbonyl (C=O) groups is 1. The summed E-state index contributed by atoms with van der Waals surface area (Å²) in [7, 11) is 0. The highest BCUT2D eigenvalue weighted by atomic mass is 79.9. The second-order valence-electron chi connectivity index (χ2n) is 3.74. The average molecular weight is 320 g/mol. The number of nitro benzene ring substituents is 1. The van der Waals surface area contributed by atoms with Gasteiger partial charge in [0, 0.05) is 10.5 Å². The molecule has 8 heteroatoms. The van der Waals surface area contributed by atoms with Gasteiger partial charge in [0.15, 0.2) is 11.4 Å². The van der Waals surface area contributed by atoms with Gasteiger partial charge in [-0.3, -0.25) is 10.1 Å². The molecule has 98 valence electrons. The first-order chi connectivity index (χ1) is 8.24. The van der Waals surface area contributed by atoms with Crippen LogP contribution < -0.4 is 4.74 Å². The summed E-state index contributed by atoms with van der Waals surface area (Å²) in [5.41, 5.74) is -2.42. The van der Waals surface area contributed by atoms with Crippen LogP contribution in [0.5, 0.6) is 5.75 Å². The number of rotatable bonds is 5. The number of hydrogen-bond acceptors (Lipinski definition) is 5. The summed E-state index contributed by atoms with van der Waals surface area (Å²) in [5.74, 6) is -1.58. The Hall–Kier alpha value is -1.67. The Kier molecular flexibility index (Phi) is 4.25. The summed E-state index contributed by atoms with van der Waals surface area (Å²) >= 11 is 3.07. The molecule has 0 bridgehead atoms. The number of aliphatic hydroxyl groups is 1. The van der Waals surface area contributed by atoms with Crippen molar-refractivity contribution in [3.05, 3.63) is 32.8 Å². The third-order valence-electron chi connectivity index (χ3n) is 2.09. The first-order valence-corrected chi connectivity index (χ1v) is 5.56. The molecule has 1 unspecified atom stereocenters. The third-order valence-corrected chi connectivity index (χ3v) is 2.58. The zero-order valence-electron chi connectivity index (χ0n) is 9.29. The molecule has 18 heavy (non-hydrogen) atoms. The predicted molar refractivity (Wildman–Crippen MR) is 64.6 cm³/mol. The van der Waals surface area contributed by atoms with Gasteiger partial charge in [0.05, 0.1) is 4.92 Å². The summed E-state index contributed by atoms with van der Waals surface area (Å²) in [6, 6.07) is 4.06. The normalized spacial score (nSPS) is 13.7. The van der Waals surface area contributed by atoms with E-state index < -0.39 is 23.1 Å². The Morgan fingerprint density at radius 3 is 2.72 bits per heavy atom. The van der Waals surface area contributed by atoms with Gasteiger partial charge in [-0.15, -0.1) is 0 Å². The van der Waals surface area contributed by atoms with E-state index in [1.807, 2.05) is 0 Å². The van der Waals surface area contributed by atoms with Crippen molar-refractivity contribution in [2.45, 2.75) is 12.5 Å². The van der Waals surface area contributed by atoms with Gasteiger partial charge in [-0.25, -0.2) is 4.79 Å². The topological polar surface area (TPSA) is 110 Å². The Bertz CT molecular complexity index is 487. The van der Waals surface area contributed by atoms with E-state index in [2.05, 4.69) is 15.9 Å². The van der Waals surface area contributed by atoms with E-state index in [4.69, 9.17) is 9.84 Å². The largest absolute Gasteiger partial charge is 0.483 e. The van der Waals surface area contributed by atoms with Crippen LogP contribution in [0.2, 0.25) is 0 Å². The van der Waals surface area contributed by atoms with Gasteiger partial charge in [-0.05, 0) is 19.1 Å². The van der Waals surface area contributed by atoms with Gasteiger partial charge >= 0.3 is 11.7 Å². The summed E-state index contributed by atoms with van der Waals surface area (Å²) in [6.07, 6.45) is 0. The van der Waals surface area contributed by atoms with E-state index in [1.54, 1.807) is 0 Å². The van der Waals surface area contributed by atoms with Crippen LogP contribution in [0.15, 0.2) is 22.7 Å². The molecule has 0 aliphatic heterocycles. The molecule has 0 fully saturated rings. The molecule has 0 saturated carbocycles. The fourth-order valence-corrected chi connectivity index (χ4v) is 1.38. The minimum atomic E-state index is -2.11. The van der Waals surface area contributed by atoms with Gasteiger partial charge in [-0.1, -0.05) is 15.9 Å². The van der Waals surface area contributed by atoms with Gasteiger partial charge in [0.2, 0.25) is 0 Å². The lowest BCUT2D eigenvalue weighted by molar-refractivity contribution is -0.386. The number of carboxylic acids is 1. The SMILES string of the molecule is CC(O)(COc1ccc(Br)cc1[N+](=O)[O-])C(=O)O. The molecular weight excluding hydrogens is 310 g/mol. The van der Waals surface area contributed by atoms with Gasteiger partial charge in [0.25, 0.3) is 0 Å². The number of ether oxygens (including phenoxy) is 1. The second kappa shape index (κ2) is 5.32. The summed E-state index contributed by atoms with van der Waals surface area (Å²) in [6.45, 7) is 0.449. The maximum absolute atomic E-state index is 10.8. The van der Waals surface area contributed by atoms with Gasteiger partial charge in [-0.2, -0.15) is 0 Å². The minimum Gasteiger partial charge on any atom is -0.483 e. The van der Waals surface area contributed by atoms with Gasteiger partial charge < -0.3 is 14.9 Å². The number of carboxylic acid groups (broad SMARTS) is 1. The van der Waals surface area contributed by atoms with Crippen LogP contribution in [0.3, 0.4) is 0 Å². The maximum Gasteiger partial charge on any atom is 0.339 e. The van der Waals surface area contributed by atoms with E-state index in [0.717, 1.165) is 6.92 Å². The molecule has 0 heterocycles. The molecule has 1 rings (SSSR count). The number of aliphatic carboxylic acids is 1. The van der Waals surface area contributed by atoms with Crippen molar-refractivity contribution in [2.75, 3.05) is 6.61 Å². The van der Waals surface area contributed by atoms with Crippen molar-refractivity contribution in [3.8, 4) is 5.75 Å². The highest BCUT2D eigenvalue weighted by molar-refractivity contribution is 9.10. The first-order valence-electron chi connectivity index (χ1n) is 4.76. The van der Waals surface area contributed by atoms with E-state index in [1.165, 1.54) is 18.2 Å². The summed E-state index contributed by atoms with van der Waals surface area (Å²) in [4.78, 5) is 20.7. The van der Waals surface area contributed by atoms with Crippen molar-refractivity contribution in [2.24, 2.45) is 0 Å². The number of benzene rings is 1. The lowest BCUT2D eigenvalue weighted by Crippen LogP contribution is -2.41. The lowest BCUT2D eigenvalue weighted by atomic mass is 10.1. The second-order valence-corrected chi connectivity index (χ2v) is 4.65. The van der Waals surface area contributed by atoms with E-state index >= 15 is 0 Å². The average Bonchev–Trinajstić information content (AvgIpc) is 2.27. The molecule has 0 saturated heterocycles. The van der Waals surface area contributed by atoms with Crippen LogP contribution in [0.25, 0.3) is 0 Å². The van der Waals surface area contributed by atoms with Crippen molar-refractivity contribution < 1.29 is 24.7 Å². The fraction of sp³-hybridized carbons (Fsp3) is 0.300. The highest BCUT2D eigenvalue weighted by Crippen LogP contribution is 2.30. The lowest BCUT2D eigenvalue weighted by Gasteiger charge is -2.18. The van der Waals surface area contributed by atoms with Crippen LogP contribution in [0.1, 0.15) is 6.92 Å². The van der Waals surface area contributed by atoms with Crippen molar-refractivity contribution >= 4 is 27.6 Å². The Morgan fingerprint density at radius 2 is 2.22 bits per heavy atom. The van der Waals surface area contributed by atoms with E-state index in [-0.39, 0.29) is 11.4 Å². The standard InChI is InChI=1S/C10H10BrNO6/c1-10(15,9(13)14)5-18-8-3-2-6(11)4-7(8)12(16)17/h2-4,15H,5H2,1H3,(H,13,14). The molecule has 0 radical (unpaired) electrons. The van der Waals surface area contributed by atoms with Crippen molar-refractivity contribution in [3.63, 3.8) is 0 Å². The molecule has 1 aromatic rings. The quantitative estimate of drug-likeness (QED) is 0.629. The molecule has 7 nitrogen and oxygen atoms in total. The predicted octanol–water partition coefficient (Wildman–Crippen LogP) is 1.57. The zero-order chi connectivity index (χ0) is 13.9. The van der Waals surface area contributed by atoms with Crippen LogP contribution >= 0.6 is 15.9 Å². The number of nitrogens with zero attached hydrogens (tertiary/aromatic N) is 1. The fourth-order valence-electron chi connectivity index (χ4n) is 1.04. The minimum absolute atomic E-state index is 0.107. The monoisotopic (exact) mass is 319 g/mol. The Labute approximate surface area is 110 Å². The van der Waals surface area contributed by atoms with E-state index in [9.17, 15) is 20.0 Å². The van der Waals surface area contributed by atoms with Crippen LogP contribution in [-0.4, -0.2) is 33.3 Å². The van der Waals surface area contributed by atoms with Gasteiger partial charge in [0.1, 0.15) is 6.61 Å². The van der Waals surface area contributed by atoms with Crippen molar-refractivity contribution in [1.29, 1.82) is 0 Å². The van der Waals surface area contributed by atoms with Crippen LogP contribution in [0, 0.1) is 10.1 Å². The van der Waals surface area contributed by atoms with Crippen LogP contribution in [-0.2, 0) is 4.79 Å². The number of nitro groups is 1. The molecule has 0 spiro atoms. The third kappa shape index (κ3) is 3.41. The molecule has 0 aromatic heterocycles. The molecular formula is C10H10BrNO6. The molecule has 0 aliphatic carbocycles. The van der Waals surface area contributed by atoms with Crippen LogP contribution in [0.4, 0.5) is 5.69 Å². The molecule has 1 aromatic carbocycles. The zero-order valence-corrected chi connectivity index (χ0v) is 10.9. The van der Waals surface area contributed by atoms with E-state index in [0.29, 0.717) is 4.47 Å². The Morgan fingerprint density at radius 1 is 1.61 bits per heavy atom. The van der Waals surface area contributed by atoms with Crippen molar-refractivity contribution in [1.82, 2.24) is 0 Å². The number of halogens is 1. The first kappa shape index (κ1) is 14.4. The summed E-state index contributed by atoms with van der Waals surface area (Å²) in [5, 5.41) is 28.9. The molecule has 0 amide bonds. The maximum atomic E-state index is 10.8. The highest BCUT2D eigenvalue weighted by Gasteiger charge is 2.32. The Balaban J connectivity index is 2.92. The molecule has 0 aliphatic rings. The molecule has 2 N–H and O–H groups in total. The summed E-state index contributed by atoms with van der Waals surface area (Å²) < 4.78 is 5.48. The molecule has 1 atom stereocenters. The smallest absolute Gasteiger partial charge is 0.339 e. The number of hydrogen-bond donors (Lipinski definition) is 2.